The van der Waals surface area contributed by atoms with Crippen LogP contribution in [0.5, 0.6) is 0 Å². The highest BCUT2D eigenvalue weighted by atomic mass is 16.6. The summed E-state index contributed by atoms with van der Waals surface area (Å²) in [6.07, 6.45) is 39.7. The first-order chi connectivity index (χ1) is 26.2. The molecule has 0 bridgehead atoms. The Morgan fingerprint density at radius 1 is 0.352 bits per heavy atom. The molecule has 6 heteroatoms. The summed E-state index contributed by atoms with van der Waals surface area (Å²) in [6.45, 7) is 11.2. The fourth-order valence-corrected chi connectivity index (χ4v) is 7.11. The van der Waals surface area contributed by atoms with E-state index in [1.54, 1.807) is 0 Å². The van der Waals surface area contributed by atoms with Gasteiger partial charge in [0, 0.05) is 19.3 Å². The Hall–Kier alpha value is -1.59. The van der Waals surface area contributed by atoms with Crippen LogP contribution < -0.4 is 0 Å². The van der Waals surface area contributed by atoms with Gasteiger partial charge in [-0.1, -0.05) is 221 Å². The van der Waals surface area contributed by atoms with Crippen molar-refractivity contribution in [2.24, 2.45) is 11.8 Å². The van der Waals surface area contributed by atoms with Crippen LogP contribution in [0.25, 0.3) is 0 Å². The highest BCUT2D eigenvalue weighted by Gasteiger charge is 2.19. The second kappa shape index (κ2) is 41.1. The molecule has 0 amide bonds. The monoisotopic (exact) mass is 765 g/mol. The lowest BCUT2D eigenvalue weighted by Gasteiger charge is -2.18. The third kappa shape index (κ3) is 41.6. The molecular formula is C48H92O6. The highest BCUT2D eigenvalue weighted by molar-refractivity contribution is 5.71. The Morgan fingerprint density at radius 3 is 0.907 bits per heavy atom. The van der Waals surface area contributed by atoms with Gasteiger partial charge in [0.2, 0.25) is 0 Å². The number of esters is 3. The molecule has 0 aromatic heterocycles. The van der Waals surface area contributed by atoms with Crippen molar-refractivity contribution >= 4 is 17.9 Å². The van der Waals surface area contributed by atoms with E-state index in [1.165, 1.54) is 148 Å². The minimum Gasteiger partial charge on any atom is -0.462 e. The first-order valence-electron chi connectivity index (χ1n) is 23.7. The number of carbonyl (C=O) groups is 3. The van der Waals surface area contributed by atoms with Gasteiger partial charge in [0.05, 0.1) is 0 Å². The van der Waals surface area contributed by atoms with Gasteiger partial charge in [-0.25, -0.2) is 0 Å². The van der Waals surface area contributed by atoms with Crippen molar-refractivity contribution in [1.29, 1.82) is 0 Å². The minimum absolute atomic E-state index is 0.0660. The third-order valence-electron chi connectivity index (χ3n) is 10.7. The Morgan fingerprint density at radius 2 is 0.611 bits per heavy atom. The van der Waals surface area contributed by atoms with Gasteiger partial charge >= 0.3 is 17.9 Å². The Balaban J connectivity index is 4.24. The fourth-order valence-electron chi connectivity index (χ4n) is 7.11. The Labute approximate surface area is 336 Å². The van der Waals surface area contributed by atoms with E-state index in [0.717, 1.165) is 69.6 Å². The molecule has 0 aliphatic heterocycles. The minimum atomic E-state index is -0.761. The fraction of sp³-hybridized carbons (Fsp3) is 0.938. The zero-order valence-corrected chi connectivity index (χ0v) is 36.8. The summed E-state index contributed by atoms with van der Waals surface area (Å²) in [5.41, 5.74) is 0. The molecule has 54 heavy (non-hydrogen) atoms. The Bertz CT molecular complexity index is 824. The van der Waals surface area contributed by atoms with Crippen LogP contribution in [0.1, 0.15) is 259 Å². The number of ether oxygens (including phenoxy) is 3. The van der Waals surface area contributed by atoms with E-state index >= 15 is 0 Å². The first kappa shape index (κ1) is 52.4. The van der Waals surface area contributed by atoms with Gasteiger partial charge in [0.25, 0.3) is 0 Å². The molecule has 0 aromatic carbocycles. The van der Waals surface area contributed by atoms with Crippen LogP contribution in [0.15, 0.2) is 0 Å². The van der Waals surface area contributed by atoms with E-state index in [4.69, 9.17) is 14.2 Å². The lowest BCUT2D eigenvalue weighted by molar-refractivity contribution is -0.167. The van der Waals surface area contributed by atoms with Crippen molar-refractivity contribution in [2.45, 2.75) is 265 Å². The van der Waals surface area contributed by atoms with Gasteiger partial charge in [0.1, 0.15) is 13.2 Å². The lowest BCUT2D eigenvalue weighted by atomic mass is 10.0. The maximum atomic E-state index is 12.7. The Kier molecular flexibility index (Phi) is 39.8. The predicted molar refractivity (Wildman–Crippen MR) is 229 cm³/mol. The van der Waals surface area contributed by atoms with Crippen LogP contribution >= 0.6 is 0 Å². The summed E-state index contributed by atoms with van der Waals surface area (Å²) < 4.78 is 16.7. The molecule has 0 unspecified atom stereocenters. The summed E-state index contributed by atoms with van der Waals surface area (Å²) >= 11 is 0. The van der Waals surface area contributed by atoms with Crippen LogP contribution in [0.4, 0.5) is 0 Å². The zero-order valence-electron chi connectivity index (χ0n) is 36.8. The van der Waals surface area contributed by atoms with Crippen molar-refractivity contribution in [3.05, 3.63) is 0 Å². The second-order valence-electron chi connectivity index (χ2n) is 17.3. The molecule has 0 N–H and O–H groups in total. The molecule has 0 aromatic rings. The van der Waals surface area contributed by atoms with E-state index in [2.05, 4.69) is 34.6 Å². The molecule has 320 valence electrons. The van der Waals surface area contributed by atoms with Gasteiger partial charge in [0.15, 0.2) is 6.10 Å². The topological polar surface area (TPSA) is 78.9 Å². The average molecular weight is 765 g/mol. The van der Waals surface area contributed by atoms with E-state index in [1.807, 2.05) is 0 Å². The van der Waals surface area contributed by atoms with Crippen molar-refractivity contribution in [3.63, 3.8) is 0 Å². The smallest absolute Gasteiger partial charge is 0.306 e. The molecule has 0 saturated heterocycles. The third-order valence-corrected chi connectivity index (χ3v) is 10.7. The molecule has 0 heterocycles. The molecule has 0 rings (SSSR count). The number of hydrogen-bond acceptors (Lipinski definition) is 6. The molecule has 0 aliphatic carbocycles. The molecule has 0 radical (unpaired) electrons. The van der Waals surface area contributed by atoms with Gasteiger partial charge in [-0.05, 0) is 31.1 Å². The van der Waals surface area contributed by atoms with E-state index in [0.29, 0.717) is 19.3 Å². The quantitative estimate of drug-likeness (QED) is 0.0350. The van der Waals surface area contributed by atoms with Crippen LogP contribution in [0.2, 0.25) is 0 Å². The standard InChI is InChI=1S/C48H92O6/c1-6-7-8-9-10-11-12-13-14-15-16-17-18-19-22-28-33-38-46(49)52-41-45(54-48(51)40-35-30-25-24-27-32-37-44(4)5)42-53-47(50)39-34-29-23-20-21-26-31-36-43(2)3/h43-45H,6-42H2,1-5H3/t45-/m1/s1. The average Bonchev–Trinajstić information content (AvgIpc) is 3.14. The molecule has 0 aliphatic rings. The van der Waals surface area contributed by atoms with Gasteiger partial charge in [-0.2, -0.15) is 0 Å². The van der Waals surface area contributed by atoms with E-state index < -0.39 is 6.10 Å². The summed E-state index contributed by atoms with van der Waals surface area (Å²) in [7, 11) is 0. The van der Waals surface area contributed by atoms with E-state index in [9.17, 15) is 14.4 Å². The largest absolute Gasteiger partial charge is 0.462 e. The van der Waals surface area contributed by atoms with Gasteiger partial charge in [-0.15, -0.1) is 0 Å². The molecular weight excluding hydrogens is 673 g/mol. The summed E-state index contributed by atoms with van der Waals surface area (Å²) in [6, 6.07) is 0. The van der Waals surface area contributed by atoms with E-state index in [-0.39, 0.29) is 31.1 Å². The zero-order chi connectivity index (χ0) is 39.7. The number of hydrogen-bond donors (Lipinski definition) is 0. The first-order valence-corrected chi connectivity index (χ1v) is 23.7. The molecule has 0 spiro atoms. The van der Waals surface area contributed by atoms with Crippen LogP contribution in [-0.4, -0.2) is 37.2 Å². The van der Waals surface area contributed by atoms with Crippen molar-refractivity contribution < 1.29 is 28.6 Å². The lowest BCUT2D eigenvalue weighted by Crippen LogP contribution is -2.30. The van der Waals surface area contributed by atoms with Crippen molar-refractivity contribution in [2.75, 3.05) is 13.2 Å². The van der Waals surface area contributed by atoms with Gasteiger partial charge in [-0.3, -0.25) is 14.4 Å². The van der Waals surface area contributed by atoms with Crippen LogP contribution in [-0.2, 0) is 28.6 Å². The van der Waals surface area contributed by atoms with Crippen LogP contribution in [0.3, 0.4) is 0 Å². The summed E-state index contributed by atoms with van der Waals surface area (Å²) in [5, 5.41) is 0. The predicted octanol–water partition coefficient (Wildman–Crippen LogP) is 15.0. The molecule has 6 nitrogen and oxygen atoms in total. The van der Waals surface area contributed by atoms with Gasteiger partial charge < -0.3 is 14.2 Å². The summed E-state index contributed by atoms with van der Waals surface area (Å²) in [5.74, 6) is 0.677. The molecule has 0 fully saturated rings. The maximum absolute atomic E-state index is 12.7. The number of carbonyl (C=O) groups excluding carboxylic acids is 3. The van der Waals surface area contributed by atoms with Crippen molar-refractivity contribution in [1.82, 2.24) is 0 Å². The second-order valence-corrected chi connectivity index (χ2v) is 17.3. The SMILES string of the molecule is CCCCCCCCCCCCCCCCCCCC(=O)OC[C@H](COC(=O)CCCCCCCCCC(C)C)OC(=O)CCCCCCCCC(C)C. The molecule has 0 saturated carbocycles. The summed E-state index contributed by atoms with van der Waals surface area (Å²) in [4.78, 5) is 37.7. The maximum Gasteiger partial charge on any atom is 0.306 e. The normalized spacial score (nSPS) is 12.1. The highest BCUT2D eigenvalue weighted by Crippen LogP contribution is 2.17. The van der Waals surface area contributed by atoms with Crippen molar-refractivity contribution in [3.8, 4) is 0 Å². The van der Waals surface area contributed by atoms with Crippen LogP contribution in [0, 0.1) is 11.8 Å². The number of unbranched alkanes of at least 4 members (excludes halogenated alkanes) is 27. The number of rotatable bonds is 42. The molecule has 1 atom stereocenters.